The van der Waals surface area contributed by atoms with E-state index in [4.69, 9.17) is 5.73 Å². The molecule has 4 heteroatoms. The first-order chi connectivity index (χ1) is 9.15. The van der Waals surface area contributed by atoms with Crippen molar-refractivity contribution in [2.24, 2.45) is 5.73 Å². The molecule has 2 fully saturated rings. The highest BCUT2D eigenvalue weighted by Gasteiger charge is 2.40. The van der Waals surface area contributed by atoms with Crippen molar-refractivity contribution in [2.45, 2.75) is 43.8 Å². The second-order valence-electron chi connectivity index (χ2n) is 5.66. The molecule has 1 amide bonds. The van der Waals surface area contributed by atoms with Gasteiger partial charge in [-0.15, -0.1) is 13.2 Å². The van der Waals surface area contributed by atoms with Crippen molar-refractivity contribution < 1.29 is 4.79 Å². The highest BCUT2D eigenvalue weighted by Crippen LogP contribution is 2.34. The number of nitrogens with zero attached hydrogens (tertiary/aromatic N) is 2. The third kappa shape index (κ3) is 3.25. The third-order valence-corrected chi connectivity index (χ3v) is 4.29. The van der Waals surface area contributed by atoms with E-state index in [1.165, 1.54) is 12.8 Å². The van der Waals surface area contributed by atoms with Crippen LogP contribution in [0.15, 0.2) is 25.3 Å². The lowest BCUT2D eigenvalue weighted by Gasteiger charge is -2.38. The van der Waals surface area contributed by atoms with Crippen molar-refractivity contribution in [1.82, 2.24) is 9.80 Å². The summed E-state index contributed by atoms with van der Waals surface area (Å²) in [4.78, 5) is 16.5. The Morgan fingerprint density at radius 3 is 2.21 bits per heavy atom. The summed E-state index contributed by atoms with van der Waals surface area (Å²) in [5.41, 5.74) is 6.06. The molecule has 2 saturated heterocycles. The molecule has 4 nitrogen and oxygen atoms in total. The molecule has 19 heavy (non-hydrogen) atoms. The van der Waals surface area contributed by atoms with Crippen LogP contribution in [0.2, 0.25) is 0 Å². The average Bonchev–Trinajstić information content (AvgIpc) is 2.61. The molecule has 0 aliphatic carbocycles. The van der Waals surface area contributed by atoms with Gasteiger partial charge >= 0.3 is 0 Å². The first-order valence-corrected chi connectivity index (χ1v) is 7.16. The van der Waals surface area contributed by atoms with Crippen LogP contribution in [0, 0.1) is 0 Å². The van der Waals surface area contributed by atoms with Crippen LogP contribution >= 0.6 is 0 Å². The minimum absolute atomic E-state index is 0.173. The lowest BCUT2D eigenvalue weighted by molar-refractivity contribution is -0.132. The second-order valence-corrected chi connectivity index (χ2v) is 5.66. The van der Waals surface area contributed by atoms with Crippen molar-refractivity contribution in [2.75, 3.05) is 19.6 Å². The van der Waals surface area contributed by atoms with Crippen molar-refractivity contribution >= 4 is 5.91 Å². The Hall–Kier alpha value is -1.13. The summed E-state index contributed by atoms with van der Waals surface area (Å²) in [5, 5.41) is 0. The van der Waals surface area contributed by atoms with Crippen molar-refractivity contribution in [3.05, 3.63) is 25.3 Å². The van der Waals surface area contributed by atoms with E-state index in [0.29, 0.717) is 37.8 Å². The maximum absolute atomic E-state index is 12.3. The summed E-state index contributed by atoms with van der Waals surface area (Å²) < 4.78 is 0. The predicted molar refractivity (Wildman–Crippen MR) is 77.7 cm³/mol. The van der Waals surface area contributed by atoms with Gasteiger partial charge in [-0.25, -0.2) is 0 Å². The highest BCUT2D eigenvalue weighted by molar-refractivity contribution is 5.78. The molecule has 2 atom stereocenters. The summed E-state index contributed by atoms with van der Waals surface area (Å²) in [6.07, 6.45) is 7.98. The molecule has 2 unspecified atom stereocenters. The SMILES string of the molecule is C=CCN(CC=C)C(=O)CN1C2CCC1CC(N)C2. The largest absolute Gasteiger partial charge is 0.334 e. The molecule has 2 aliphatic heterocycles. The molecule has 0 radical (unpaired) electrons. The Bertz CT molecular complexity index is 331. The average molecular weight is 263 g/mol. The summed E-state index contributed by atoms with van der Waals surface area (Å²) in [6.45, 7) is 9.11. The monoisotopic (exact) mass is 263 g/mol. The molecule has 2 aliphatic rings. The van der Waals surface area contributed by atoms with Gasteiger partial charge < -0.3 is 10.6 Å². The molecule has 0 aromatic carbocycles. The molecule has 106 valence electrons. The second kappa shape index (κ2) is 6.35. The summed E-state index contributed by atoms with van der Waals surface area (Å²) >= 11 is 0. The quantitative estimate of drug-likeness (QED) is 0.731. The molecule has 2 rings (SSSR count). The van der Waals surface area contributed by atoms with E-state index in [1.54, 1.807) is 17.1 Å². The van der Waals surface area contributed by atoms with E-state index in [1.807, 2.05) is 0 Å². The minimum Gasteiger partial charge on any atom is -0.334 e. The summed E-state index contributed by atoms with van der Waals surface area (Å²) in [5.74, 6) is 0.173. The normalized spacial score (nSPS) is 30.1. The number of piperidine rings is 1. The van der Waals surface area contributed by atoms with Gasteiger partial charge in [0.25, 0.3) is 0 Å². The van der Waals surface area contributed by atoms with Crippen LogP contribution in [0.4, 0.5) is 0 Å². The van der Waals surface area contributed by atoms with Crippen molar-refractivity contribution in [3.8, 4) is 0 Å². The fourth-order valence-electron chi connectivity index (χ4n) is 3.42. The number of nitrogens with two attached hydrogens (primary N) is 1. The predicted octanol–water partition coefficient (Wildman–Crippen LogP) is 1.14. The van der Waals surface area contributed by atoms with Crippen LogP contribution in [0.5, 0.6) is 0 Å². The third-order valence-electron chi connectivity index (χ3n) is 4.29. The first-order valence-electron chi connectivity index (χ1n) is 7.16. The zero-order chi connectivity index (χ0) is 13.8. The van der Waals surface area contributed by atoms with Gasteiger partial charge in [-0.1, -0.05) is 12.2 Å². The van der Waals surface area contributed by atoms with Gasteiger partial charge in [0.15, 0.2) is 0 Å². The smallest absolute Gasteiger partial charge is 0.237 e. The highest BCUT2D eigenvalue weighted by atomic mass is 16.2. The summed E-state index contributed by atoms with van der Waals surface area (Å²) in [7, 11) is 0. The lowest BCUT2D eigenvalue weighted by Crippen LogP contribution is -2.51. The molecule has 2 N–H and O–H groups in total. The molecule has 0 spiro atoms. The summed E-state index contributed by atoms with van der Waals surface area (Å²) in [6, 6.07) is 1.33. The first kappa shape index (κ1) is 14.3. The molecule has 2 bridgehead atoms. The number of carbonyl (C=O) groups is 1. The zero-order valence-electron chi connectivity index (χ0n) is 11.6. The van der Waals surface area contributed by atoms with Crippen LogP contribution in [0.3, 0.4) is 0 Å². The van der Waals surface area contributed by atoms with E-state index >= 15 is 0 Å². The molecule has 2 heterocycles. The number of fused-ring (bicyclic) bond motifs is 2. The van der Waals surface area contributed by atoms with Crippen molar-refractivity contribution in [3.63, 3.8) is 0 Å². The van der Waals surface area contributed by atoms with Crippen LogP contribution < -0.4 is 5.73 Å². The van der Waals surface area contributed by atoms with Gasteiger partial charge in [-0.3, -0.25) is 9.69 Å². The van der Waals surface area contributed by atoms with Gasteiger partial charge in [-0.05, 0) is 25.7 Å². The van der Waals surface area contributed by atoms with E-state index < -0.39 is 0 Å². The molecular formula is C15H25N3O. The van der Waals surface area contributed by atoms with Crippen LogP contribution in [0.25, 0.3) is 0 Å². The fraction of sp³-hybridized carbons (Fsp3) is 0.667. The number of hydrogen-bond donors (Lipinski definition) is 1. The van der Waals surface area contributed by atoms with Gasteiger partial charge in [0, 0.05) is 31.2 Å². The van der Waals surface area contributed by atoms with Gasteiger partial charge in [0.1, 0.15) is 0 Å². The Balaban J connectivity index is 1.94. The number of hydrogen-bond acceptors (Lipinski definition) is 3. The standard InChI is InChI=1S/C15H25N3O/c1-3-7-17(8-4-2)15(19)11-18-13-5-6-14(18)10-12(16)9-13/h3-4,12-14H,1-2,5-11,16H2. The fourth-order valence-corrected chi connectivity index (χ4v) is 3.42. The van der Waals surface area contributed by atoms with Gasteiger partial charge in [0.05, 0.1) is 6.54 Å². The van der Waals surface area contributed by atoms with E-state index in [9.17, 15) is 4.79 Å². The maximum Gasteiger partial charge on any atom is 0.237 e. The minimum atomic E-state index is 0.173. The Kier molecular flexibility index (Phi) is 4.77. The Morgan fingerprint density at radius 2 is 1.74 bits per heavy atom. The van der Waals surface area contributed by atoms with E-state index in [0.717, 1.165) is 12.8 Å². The number of amides is 1. The van der Waals surface area contributed by atoms with Crippen LogP contribution in [-0.2, 0) is 4.79 Å². The van der Waals surface area contributed by atoms with E-state index in [-0.39, 0.29) is 5.91 Å². The molecule has 0 saturated carbocycles. The number of carbonyl (C=O) groups excluding carboxylic acids is 1. The molecule has 0 aromatic rings. The van der Waals surface area contributed by atoms with Crippen LogP contribution in [0.1, 0.15) is 25.7 Å². The Morgan fingerprint density at radius 1 is 1.21 bits per heavy atom. The van der Waals surface area contributed by atoms with Gasteiger partial charge in [-0.2, -0.15) is 0 Å². The molecular weight excluding hydrogens is 238 g/mol. The van der Waals surface area contributed by atoms with Crippen molar-refractivity contribution in [1.29, 1.82) is 0 Å². The lowest BCUT2D eigenvalue weighted by atomic mass is 9.98. The van der Waals surface area contributed by atoms with Gasteiger partial charge in [0.2, 0.25) is 5.91 Å². The van der Waals surface area contributed by atoms with Crippen LogP contribution in [-0.4, -0.2) is 53.5 Å². The zero-order valence-corrected chi connectivity index (χ0v) is 11.6. The number of rotatable bonds is 6. The maximum atomic E-state index is 12.3. The van der Waals surface area contributed by atoms with E-state index in [2.05, 4.69) is 18.1 Å². The topological polar surface area (TPSA) is 49.6 Å². The molecule has 0 aromatic heterocycles. The Labute approximate surface area is 115 Å².